The van der Waals surface area contributed by atoms with Crippen molar-refractivity contribution in [2.45, 2.75) is 45.6 Å². The topological polar surface area (TPSA) is 101 Å². The van der Waals surface area contributed by atoms with Crippen molar-refractivity contribution in [3.8, 4) is 0 Å². The van der Waals surface area contributed by atoms with E-state index in [2.05, 4.69) is 10.3 Å². The van der Waals surface area contributed by atoms with E-state index in [0.29, 0.717) is 30.8 Å². The first-order valence-corrected chi connectivity index (χ1v) is 7.00. The quantitative estimate of drug-likeness (QED) is 0.833. The van der Waals surface area contributed by atoms with Gasteiger partial charge in [0.05, 0.1) is 0 Å². The van der Waals surface area contributed by atoms with E-state index in [1.807, 2.05) is 0 Å². The van der Waals surface area contributed by atoms with Crippen molar-refractivity contribution in [1.29, 1.82) is 0 Å². The third-order valence-electron chi connectivity index (χ3n) is 3.86. The monoisotopic (exact) mass is 293 g/mol. The highest BCUT2D eigenvalue weighted by Crippen LogP contribution is 2.21. The van der Waals surface area contributed by atoms with Crippen LogP contribution in [0.4, 0.5) is 0 Å². The van der Waals surface area contributed by atoms with Gasteiger partial charge in [0.2, 0.25) is 5.91 Å². The molecule has 0 aliphatic carbocycles. The Kier molecular flexibility index (Phi) is 4.40. The van der Waals surface area contributed by atoms with Crippen molar-refractivity contribution < 1.29 is 14.7 Å². The van der Waals surface area contributed by atoms with E-state index in [1.54, 1.807) is 13.8 Å². The van der Waals surface area contributed by atoms with Gasteiger partial charge in [-0.25, -0.2) is 4.79 Å². The third kappa shape index (κ3) is 3.12. The summed E-state index contributed by atoms with van der Waals surface area (Å²) in [6.07, 6.45) is 1.67. The van der Waals surface area contributed by atoms with Gasteiger partial charge in [-0.2, -0.15) is 4.98 Å². The number of aromatic nitrogens is 2. The van der Waals surface area contributed by atoms with E-state index in [9.17, 15) is 14.4 Å². The summed E-state index contributed by atoms with van der Waals surface area (Å²) in [5, 5.41) is 11.6. The molecule has 1 amide bonds. The van der Waals surface area contributed by atoms with Crippen molar-refractivity contribution in [3.05, 3.63) is 27.4 Å². The summed E-state index contributed by atoms with van der Waals surface area (Å²) in [6.45, 7) is 4.06. The molecule has 7 heteroatoms. The summed E-state index contributed by atoms with van der Waals surface area (Å²) in [5.41, 5.74) is 1.45. The molecule has 21 heavy (non-hydrogen) atoms. The molecule has 2 heterocycles. The van der Waals surface area contributed by atoms with Crippen LogP contribution in [0.3, 0.4) is 0 Å². The molecule has 1 unspecified atom stereocenters. The number of piperidine rings is 1. The Bertz CT molecular complexity index is 636. The number of hydrogen-bond acceptors (Lipinski definition) is 4. The average molecular weight is 293 g/mol. The summed E-state index contributed by atoms with van der Waals surface area (Å²) in [6, 6.07) is -0.553. The number of nitrogens with zero attached hydrogens (tertiary/aromatic N) is 2. The minimum absolute atomic E-state index is 0.0293. The van der Waals surface area contributed by atoms with Crippen molar-refractivity contribution in [1.82, 2.24) is 14.9 Å². The molecule has 0 saturated carbocycles. The minimum Gasteiger partial charge on any atom is -0.481 e. The Morgan fingerprint density at radius 2 is 2.14 bits per heavy atom. The molecule has 0 spiro atoms. The van der Waals surface area contributed by atoms with Gasteiger partial charge in [0.1, 0.15) is 6.04 Å². The summed E-state index contributed by atoms with van der Waals surface area (Å²) < 4.78 is 1.40. The number of rotatable bonds is 4. The van der Waals surface area contributed by atoms with Crippen LogP contribution < -0.4 is 11.0 Å². The van der Waals surface area contributed by atoms with E-state index < -0.39 is 17.7 Å². The fraction of sp³-hybridized carbons (Fsp3) is 0.571. The zero-order chi connectivity index (χ0) is 15.6. The highest BCUT2D eigenvalue weighted by Gasteiger charge is 2.27. The maximum atomic E-state index is 12.2. The van der Waals surface area contributed by atoms with Crippen molar-refractivity contribution in [2.75, 3.05) is 6.54 Å². The smallest absolute Gasteiger partial charge is 0.348 e. The molecular formula is C14H19N3O4. The van der Waals surface area contributed by atoms with Crippen LogP contribution in [0.5, 0.6) is 0 Å². The number of carbonyl (C=O) groups excluding carboxylic acids is 1. The Balaban J connectivity index is 2.45. The minimum atomic E-state index is -0.901. The molecular weight excluding hydrogens is 274 g/mol. The van der Waals surface area contributed by atoms with Gasteiger partial charge in [-0.1, -0.05) is 0 Å². The van der Waals surface area contributed by atoms with E-state index in [0.717, 1.165) is 12.0 Å². The van der Waals surface area contributed by atoms with E-state index in [4.69, 9.17) is 5.11 Å². The van der Waals surface area contributed by atoms with Crippen LogP contribution in [-0.4, -0.2) is 33.1 Å². The van der Waals surface area contributed by atoms with Crippen LogP contribution in [0.25, 0.3) is 0 Å². The zero-order valence-corrected chi connectivity index (χ0v) is 12.2. The van der Waals surface area contributed by atoms with Gasteiger partial charge < -0.3 is 10.4 Å². The van der Waals surface area contributed by atoms with Crippen molar-refractivity contribution in [2.24, 2.45) is 0 Å². The second-order valence-electron chi connectivity index (χ2n) is 5.26. The molecule has 1 aliphatic heterocycles. The van der Waals surface area contributed by atoms with Crippen molar-refractivity contribution >= 4 is 11.9 Å². The number of carbonyl (C=O) groups is 2. The molecule has 0 aromatic carbocycles. The molecule has 1 aromatic heterocycles. The lowest BCUT2D eigenvalue weighted by Gasteiger charge is -2.26. The predicted octanol–water partition coefficient (Wildman–Crippen LogP) is 0.328. The lowest BCUT2D eigenvalue weighted by Crippen LogP contribution is -2.43. The first-order chi connectivity index (χ1) is 9.91. The molecule has 0 bridgehead atoms. The number of amides is 1. The maximum absolute atomic E-state index is 12.2. The highest BCUT2D eigenvalue weighted by molar-refractivity contribution is 5.81. The molecule has 1 saturated heterocycles. The number of aryl methyl sites for hydroxylation is 1. The fourth-order valence-electron chi connectivity index (χ4n) is 2.78. The van der Waals surface area contributed by atoms with Crippen LogP contribution in [-0.2, 0) is 16.0 Å². The summed E-state index contributed by atoms with van der Waals surface area (Å²) in [7, 11) is 0. The first-order valence-electron chi connectivity index (χ1n) is 7.00. The molecule has 0 radical (unpaired) electrons. The SMILES string of the molecule is Cc1nc(=O)n(C2CCCNC2=O)c(C)c1CCC(=O)O. The number of nitrogens with one attached hydrogen (secondary N) is 1. The lowest BCUT2D eigenvalue weighted by molar-refractivity contribution is -0.137. The molecule has 7 nitrogen and oxygen atoms in total. The van der Waals surface area contributed by atoms with Gasteiger partial charge in [-0.15, -0.1) is 0 Å². The number of hydrogen-bond donors (Lipinski definition) is 2. The van der Waals surface area contributed by atoms with Gasteiger partial charge in [0.15, 0.2) is 0 Å². The lowest BCUT2D eigenvalue weighted by atomic mass is 10.0. The predicted molar refractivity (Wildman–Crippen MR) is 75.2 cm³/mol. The van der Waals surface area contributed by atoms with Gasteiger partial charge in [-0.3, -0.25) is 14.2 Å². The summed E-state index contributed by atoms with van der Waals surface area (Å²) in [4.78, 5) is 38.8. The normalized spacial score (nSPS) is 18.4. The van der Waals surface area contributed by atoms with Gasteiger partial charge >= 0.3 is 11.7 Å². The van der Waals surface area contributed by atoms with Crippen LogP contribution >= 0.6 is 0 Å². The van der Waals surface area contributed by atoms with Crippen LogP contribution in [0.1, 0.15) is 42.3 Å². The molecule has 1 aromatic rings. The average Bonchev–Trinajstić information content (AvgIpc) is 2.40. The van der Waals surface area contributed by atoms with E-state index in [-0.39, 0.29) is 12.3 Å². The Hall–Kier alpha value is -2.18. The van der Waals surface area contributed by atoms with E-state index >= 15 is 0 Å². The summed E-state index contributed by atoms with van der Waals surface area (Å²) >= 11 is 0. The molecule has 114 valence electrons. The van der Waals surface area contributed by atoms with Crippen LogP contribution in [0, 0.1) is 13.8 Å². The van der Waals surface area contributed by atoms with E-state index in [1.165, 1.54) is 4.57 Å². The van der Waals surface area contributed by atoms with Gasteiger partial charge in [0, 0.05) is 24.4 Å². The first kappa shape index (κ1) is 15.2. The third-order valence-corrected chi connectivity index (χ3v) is 3.86. The van der Waals surface area contributed by atoms with Crippen LogP contribution in [0.15, 0.2) is 4.79 Å². The fourth-order valence-corrected chi connectivity index (χ4v) is 2.78. The number of aliphatic carboxylic acids is 1. The standard InChI is InChI=1S/C14H19N3O4/c1-8-10(5-6-12(18)19)9(2)17(14(21)16-8)11-4-3-7-15-13(11)20/h11H,3-7H2,1-2H3,(H,15,20)(H,18,19). The highest BCUT2D eigenvalue weighted by atomic mass is 16.4. The summed E-state index contributed by atoms with van der Waals surface area (Å²) in [5.74, 6) is -1.08. The van der Waals surface area contributed by atoms with Gasteiger partial charge in [0.25, 0.3) is 0 Å². The molecule has 2 rings (SSSR count). The van der Waals surface area contributed by atoms with Gasteiger partial charge in [-0.05, 0) is 38.7 Å². The van der Waals surface area contributed by atoms with Crippen LogP contribution in [0.2, 0.25) is 0 Å². The zero-order valence-electron chi connectivity index (χ0n) is 12.2. The second kappa shape index (κ2) is 6.07. The largest absolute Gasteiger partial charge is 0.481 e. The molecule has 1 fully saturated rings. The number of carboxylic acid groups (broad SMARTS) is 1. The molecule has 1 atom stereocenters. The Morgan fingerprint density at radius 3 is 2.76 bits per heavy atom. The molecule has 1 aliphatic rings. The second-order valence-corrected chi connectivity index (χ2v) is 5.26. The van der Waals surface area contributed by atoms with Crippen molar-refractivity contribution in [3.63, 3.8) is 0 Å². The Labute approximate surface area is 122 Å². The maximum Gasteiger partial charge on any atom is 0.348 e. The molecule has 2 N–H and O–H groups in total. The number of carboxylic acids is 1. The Morgan fingerprint density at radius 1 is 1.43 bits per heavy atom.